The highest BCUT2D eigenvalue weighted by molar-refractivity contribution is 5.76. The van der Waals surface area contributed by atoms with E-state index in [4.69, 9.17) is 0 Å². The average Bonchev–Trinajstić information content (AvgIpc) is 2.84. The molecule has 7 heteroatoms. The standard InChI is InChI=1S/C19H33N5O2/c1-14-17(15(2)23(5)21-14)7-6-10-20-19(26)24-11-8-16(9-12-24)13-18(25)22(3)4/h16H,6-13H2,1-5H3,(H,20,26). The molecule has 1 saturated heterocycles. The van der Waals surface area contributed by atoms with Crippen LogP contribution in [0.1, 0.15) is 42.6 Å². The van der Waals surface area contributed by atoms with E-state index in [1.54, 1.807) is 19.0 Å². The quantitative estimate of drug-likeness (QED) is 0.785. The van der Waals surface area contributed by atoms with Gasteiger partial charge in [-0.25, -0.2) is 4.79 Å². The summed E-state index contributed by atoms with van der Waals surface area (Å²) in [6.45, 7) is 6.26. The van der Waals surface area contributed by atoms with Gasteiger partial charge in [-0.3, -0.25) is 9.48 Å². The van der Waals surface area contributed by atoms with Gasteiger partial charge >= 0.3 is 6.03 Å². The van der Waals surface area contributed by atoms with Crippen molar-refractivity contribution in [3.05, 3.63) is 17.0 Å². The van der Waals surface area contributed by atoms with Crippen LogP contribution in [0.3, 0.4) is 0 Å². The summed E-state index contributed by atoms with van der Waals surface area (Å²) in [4.78, 5) is 27.6. The zero-order chi connectivity index (χ0) is 19.3. The molecule has 0 aromatic carbocycles. The van der Waals surface area contributed by atoms with Crippen molar-refractivity contribution in [2.24, 2.45) is 13.0 Å². The first-order valence-corrected chi connectivity index (χ1v) is 9.51. The van der Waals surface area contributed by atoms with Crippen LogP contribution in [0.15, 0.2) is 0 Å². The maximum absolute atomic E-state index is 12.3. The molecule has 1 fully saturated rings. The lowest BCUT2D eigenvalue weighted by Gasteiger charge is -2.32. The van der Waals surface area contributed by atoms with Crippen LogP contribution in [-0.4, -0.2) is 65.2 Å². The fourth-order valence-corrected chi connectivity index (χ4v) is 3.52. The SMILES string of the molecule is Cc1nn(C)c(C)c1CCCNC(=O)N1CCC(CC(=O)N(C)C)CC1. The number of urea groups is 1. The second-order valence-corrected chi connectivity index (χ2v) is 7.53. The van der Waals surface area contributed by atoms with Gasteiger partial charge in [-0.15, -0.1) is 0 Å². The van der Waals surface area contributed by atoms with Gasteiger partial charge in [0.05, 0.1) is 5.69 Å². The van der Waals surface area contributed by atoms with Gasteiger partial charge in [-0.2, -0.15) is 5.10 Å². The molecule has 2 heterocycles. The molecule has 0 aliphatic carbocycles. The van der Waals surface area contributed by atoms with Crippen molar-refractivity contribution in [2.75, 3.05) is 33.7 Å². The fraction of sp³-hybridized carbons (Fsp3) is 0.737. The summed E-state index contributed by atoms with van der Waals surface area (Å²) >= 11 is 0. The number of rotatable bonds is 6. The molecule has 146 valence electrons. The summed E-state index contributed by atoms with van der Waals surface area (Å²) in [5.74, 6) is 0.569. The lowest BCUT2D eigenvalue weighted by atomic mass is 9.93. The molecule has 0 saturated carbocycles. The van der Waals surface area contributed by atoms with Gasteiger partial charge in [0.2, 0.25) is 5.91 Å². The Kier molecular flexibility index (Phi) is 7.06. The van der Waals surface area contributed by atoms with Crippen LogP contribution >= 0.6 is 0 Å². The van der Waals surface area contributed by atoms with Crippen LogP contribution in [-0.2, 0) is 18.3 Å². The van der Waals surface area contributed by atoms with Gasteiger partial charge in [0, 0.05) is 52.9 Å². The van der Waals surface area contributed by atoms with Crippen LogP contribution in [0.5, 0.6) is 0 Å². The summed E-state index contributed by atoms with van der Waals surface area (Å²) < 4.78 is 1.91. The Labute approximate surface area is 156 Å². The monoisotopic (exact) mass is 363 g/mol. The molecule has 0 atom stereocenters. The van der Waals surface area contributed by atoms with E-state index >= 15 is 0 Å². The van der Waals surface area contributed by atoms with E-state index in [9.17, 15) is 9.59 Å². The number of aromatic nitrogens is 2. The Bertz CT molecular complexity index is 630. The molecule has 7 nitrogen and oxygen atoms in total. The minimum Gasteiger partial charge on any atom is -0.349 e. The maximum Gasteiger partial charge on any atom is 0.317 e. The molecule has 0 spiro atoms. The number of carbonyl (C=O) groups is 2. The van der Waals surface area contributed by atoms with Crippen molar-refractivity contribution in [1.29, 1.82) is 0 Å². The maximum atomic E-state index is 12.3. The normalized spacial score (nSPS) is 15.2. The average molecular weight is 364 g/mol. The van der Waals surface area contributed by atoms with E-state index in [0.717, 1.165) is 44.5 Å². The Morgan fingerprint density at radius 2 is 1.88 bits per heavy atom. The summed E-state index contributed by atoms with van der Waals surface area (Å²) in [6.07, 6.45) is 4.24. The minimum atomic E-state index is 0.0158. The zero-order valence-electron chi connectivity index (χ0n) is 16.8. The topological polar surface area (TPSA) is 70.5 Å². The van der Waals surface area contributed by atoms with Crippen LogP contribution in [0.2, 0.25) is 0 Å². The minimum absolute atomic E-state index is 0.0158. The molecule has 1 aliphatic rings. The number of hydrogen-bond donors (Lipinski definition) is 1. The number of amides is 3. The molecule has 0 radical (unpaired) electrons. The number of carbonyl (C=O) groups excluding carboxylic acids is 2. The summed E-state index contributed by atoms with van der Waals surface area (Å²) in [7, 11) is 5.54. The van der Waals surface area contributed by atoms with Crippen LogP contribution in [0.4, 0.5) is 4.79 Å². The lowest BCUT2D eigenvalue weighted by molar-refractivity contribution is -0.129. The van der Waals surface area contributed by atoms with E-state index in [1.165, 1.54) is 11.3 Å². The van der Waals surface area contributed by atoms with Crippen molar-refractivity contribution >= 4 is 11.9 Å². The second-order valence-electron chi connectivity index (χ2n) is 7.53. The number of hydrogen-bond acceptors (Lipinski definition) is 3. The van der Waals surface area contributed by atoms with Crippen LogP contribution in [0.25, 0.3) is 0 Å². The lowest BCUT2D eigenvalue weighted by Crippen LogP contribution is -2.45. The number of aryl methyl sites for hydroxylation is 2. The molecule has 1 N–H and O–H groups in total. The number of likely N-dealkylation sites (tertiary alicyclic amines) is 1. The van der Waals surface area contributed by atoms with E-state index in [0.29, 0.717) is 18.9 Å². The molecule has 2 rings (SSSR count). The van der Waals surface area contributed by atoms with Gasteiger partial charge in [-0.05, 0) is 51.0 Å². The van der Waals surface area contributed by atoms with E-state index < -0.39 is 0 Å². The first kappa shape index (κ1) is 20.3. The largest absolute Gasteiger partial charge is 0.349 e. The van der Waals surface area contributed by atoms with Gasteiger partial charge in [0.15, 0.2) is 0 Å². The van der Waals surface area contributed by atoms with Crippen molar-refractivity contribution in [1.82, 2.24) is 24.9 Å². The highest BCUT2D eigenvalue weighted by atomic mass is 16.2. The third kappa shape index (κ3) is 5.22. The molecular weight excluding hydrogens is 330 g/mol. The van der Waals surface area contributed by atoms with Gasteiger partial charge in [-0.1, -0.05) is 0 Å². The number of nitrogens with zero attached hydrogens (tertiary/aromatic N) is 4. The molecular formula is C19H33N5O2. The van der Waals surface area contributed by atoms with Crippen molar-refractivity contribution in [3.8, 4) is 0 Å². The molecule has 26 heavy (non-hydrogen) atoms. The predicted octanol–water partition coefficient (Wildman–Crippen LogP) is 1.87. The highest BCUT2D eigenvalue weighted by Gasteiger charge is 2.24. The third-order valence-electron chi connectivity index (χ3n) is 5.40. The Balaban J connectivity index is 1.67. The second kappa shape index (κ2) is 9.05. The molecule has 0 unspecified atom stereocenters. The highest BCUT2D eigenvalue weighted by Crippen LogP contribution is 2.21. The van der Waals surface area contributed by atoms with Crippen molar-refractivity contribution in [3.63, 3.8) is 0 Å². The summed E-state index contributed by atoms with van der Waals surface area (Å²) in [5, 5.41) is 7.46. The first-order chi connectivity index (χ1) is 12.3. The van der Waals surface area contributed by atoms with Crippen molar-refractivity contribution in [2.45, 2.75) is 46.0 Å². The number of piperidine rings is 1. The first-order valence-electron chi connectivity index (χ1n) is 9.51. The molecule has 0 bridgehead atoms. The van der Waals surface area contributed by atoms with Crippen LogP contribution < -0.4 is 5.32 Å². The summed E-state index contributed by atoms with van der Waals surface area (Å²) in [5.41, 5.74) is 3.56. The molecule has 1 aromatic rings. The Hall–Kier alpha value is -2.05. The Morgan fingerprint density at radius 3 is 2.42 bits per heavy atom. The molecule has 1 aromatic heterocycles. The van der Waals surface area contributed by atoms with E-state index in [2.05, 4.69) is 17.3 Å². The fourth-order valence-electron chi connectivity index (χ4n) is 3.52. The van der Waals surface area contributed by atoms with E-state index in [-0.39, 0.29) is 11.9 Å². The van der Waals surface area contributed by atoms with Crippen LogP contribution in [0, 0.1) is 19.8 Å². The zero-order valence-corrected chi connectivity index (χ0v) is 16.8. The number of nitrogens with one attached hydrogen (secondary N) is 1. The third-order valence-corrected chi connectivity index (χ3v) is 5.40. The van der Waals surface area contributed by atoms with Gasteiger partial charge < -0.3 is 15.1 Å². The van der Waals surface area contributed by atoms with Crippen molar-refractivity contribution < 1.29 is 9.59 Å². The molecule has 1 aliphatic heterocycles. The molecule has 3 amide bonds. The Morgan fingerprint density at radius 1 is 1.23 bits per heavy atom. The van der Waals surface area contributed by atoms with Gasteiger partial charge in [0.25, 0.3) is 0 Å². The van der Waals surface area contributed by atoms with E-state index in [1.807, 2.05) is 23.6 Å². The summed E-state index contributed by atoms with van der Waals surface area (Å²) in [6, 6.07) is 0.0158. The smallest absolute Gasteiger partial charge is 0.317 e. The van der Waals surface area contributed by atoms with Gasteiger partial charge in [0.1, 0.15) is 0 Å². The predicted molar refractivity (Wildman–Crippen MR) is 102 cm³/mol.